The summed E-state index contributed by atoms with van der Waals surface area (Å²) in [5, 5.41) is 13.3. The van der Waals surface area contributed by atoms with Crippen LogP contribution in [0.4, 0.5) is 5.69 Å². The van der Waals surface area contributed by atoms with Gasteiger partial charge in [0.05, 0.1) is 42.1 Å². The smallest absolute Gasteiger partial charge is 0.339 e. The molecule has 0 aliphatic rings. The molecule has 0 spiro atoms. The third kappa shape index (κ3) is 4.57. The first-order valence-electron chi connectivity index (χ1n) is 11.3. The Morgan fingerprint density at radius 2 is 1.78 bits per heavy atom. The van der Waals surface area contributed by atoms with Crippen molar-refractivity contribution >= 4 is 28.6 Å². The van der Waals surface area contributed by atoms with Crippen molar-refractivity contribution < 1.29 is 24.2 Å². The number of amides is 1. The van der Waals surface area contributed by atoms with Crippen molar-refractivity contribution in [1.29, 1.82) is 0 Å². The van der Waals surface area contributed by atoms with Crippen molar-refractivity contribution in [3.8, 4) is 34.1 Å². The van der Waals surface area contributed by atoms with Gasteiger partial charge in [0, 0.05) is 17.3 Å². The molecule has 5 aromatic rings. The zero-order chi connectivity index (χ0) is 25.9. The van der Waals surface area contributed by atoms with Gasteiger partial charge in [-0.05, 0) is 60.2 Å². The number of benzene rings is 3. The fourth-order valence-corrected chi connectivity index (χ4v) is 4.02. The van der Waals surface area contributed by atoms with Gasteiger partial charge >= 0.3 is 5.97 Å². The maximum atomic E-state index is 13.0. The number of para-hydroxylation sites is 1. The first-order valence-corrected chi connectivity index (χ1v) is 11.3. The molecular formula is C28H22N4O5. The molecule has 9 heteroatoms. The van der Waals surface area contributed by atoms with E-state index in [1.807, 2.05) is 12.1 Å². The molecule has 0 atom stereocenters. The number of aromatic hydroxyl groups is 1. The van der Waals surface area contributed by atoms with Gasteiger partial charge in [0.2, 0.25) is 5.88 Å². The fraction of sp³-hybridized carbons (Fsp3) is 0.0714. The number of ether oxygens (including phenoxy) is 2. The van der Waals surface area contributed by atoms with Crippen molar-refractivity contribution in [2.75, 3.05) is 19.5 Å². The molecule has 2 aromatic heterocycles. The molecule has 2 heterocycles. The number of carbonyl (C=O) groups excluding carboxylic acids is 2. The van der Waals surface area contributed by atoms with E-state index in [0.717, 1.165) is 11.1 Å². The summed E-state index contributed by atoms with van der Waals surface area (Å²) < 4.78 is 10.2. The molecule has 0 saturated heterocycles. The molecule has 0 saturated carbocycles. The van der Waals surface area contributed by atoms with Crippen LogP contribution in [0.3, 0.4) is 0 Å². The van der Waals surface area contributed by atoms with E-state index in [1.165, 1.54) is 7.11 Å². The summed E-state index contributed by atoms with van der Waals surface area (Å²) in [6, 6.07) is 20.5. The predicted molar refractivity (Wildman–Crippen MR) is 139 cm³/mol. The first-order chi connectivity index (χ1) is 18.0. The van der Waals surface area contributed by atoms with Crippen LogP contribution in [0.1, 0.15) is 20.7 Å². The lowest BCUT2D eigenvalue weighted by molar-refractivity contribution is 0.0602. The molecule has 184 valence electrons. The minimum absolute atomic E-state index is 0.0445. The van der Waals surface area contributed by atoms with Crippen LogP contribution in [-0.4, -0.2) is 46.2 Å². The quantitative estimate of drug-likeness (QED) is 0.282. The predicted octanol–water partition coefficient (Wildman–Crippen LogP) is 5.05. The molecule has 0 radical (unpaired) electrons. The van der Waals surface area contributed by atoms with Crippen molar-refractivity contribution in [2.24, 2.45) is 0 Å². The fourth-order valence-electron chi connectivity index (χ4n) is 4.02. The van der Waals surface area contributed by atoms with Gasteiger partial charge in [-0.25, -0.2) is 14.8 Å². The van der Waals surface area contributed by atoms with Crippen LogP contribution in [0.15, 0.2) is 79.0 Å². The third-order valence-electron chi connectivity index (χ3n) is 5.85. The second-order valence-electron chi connectivity index (χ2n) is 8.10. The van der Waals surface area contributed by atoms with Crippen LogP contribution in [0.25, 0.3) is 33.5 Å². The van der Waals surface area contributed by atoms with Crippen LogP contribution in [0.2, 0.25) is 0 Å². The summed E-state index contributed by atoms with van der Waals surface area (Å²) in [4.78, 5) is 37.0. The molecule has 9 nitrogen and oxygen atoms in total. The summed E-state index contributed by atoms with van der Waals surface area (Å²) in [5.74, 6) is -0.00687. The molecule has 5 rings (SSSR count). The van der Waals surface area contributed by atoms with E-state index in [4.69, 9.17) is 9.47 Å². The second kappa shape index (κ2) is 9.82. The minimum atomic E-state index is -0.547. The standard InChI is InChI=1S/C28H22N4O5/c1-36-27-18(7-5-13-29-27)16-10-12-24(33)20(14-16)25-30-22-11-9-17(15-23(22)31-25)26(34)32-21-8-4-3-6-19(21)28(35)37-2/h3-15,33H,1-2H3,(H,30,31)(H,32,34). The van der Waals surface area contributed by atoms with Gasteiger partial charge in [-0.2, -0.15) is 0 Å². The number of pyridine rings is 1. The number of aromatic amines is 1. The van der Waals surface area contributed by atoms with Crippen LogP contribution in [-0.2, 0) is 4.74 Å². The number of phenols is 1. The highest BCUT2D eigenvalue weighted by atomic mass is 16.5. The van der Waals surface area contributed by atoms with Gasteiger partial charge in [-0.1, -0.05) is 18.2 Å². The molecule has 37 heavy (non-hydrogen) atoms. The van der Waals surface area contributed by atoms with Crippen molar-refractivity contribution in [3.05, 3.63) is 90.1 Å². The average molecular weight is 495 g/mol. The van der Waals surface area contributed by atoms with E-state index in [0.29, 0.717) is 39.6 Å². The molecule has 0 bridgehead atoms. The lowest BCUT2D eigenvalue weighted by atomic mass is 10.0. The number of fused-ring (bicyclic) bond motifs is 1. The highest BCUT2D eigenvalue weighted by Gasteiger charge is 2.17. The van der Waals surface area contributed by atoms with E-state index < -0.39 is 11.9 Å². The number of H-pyrrole nitrogens is 1. The number of rotatable bonds is 6. The minimum Gasteiger partial charge on any atom is -0.507 e. The van der Waals surface area contributed by atoms with E-state index >= 15 is 0 Å². The number of esters is 1. The molecule has 3 aromatic carbocycles. The van der Waals surface area contributed by atoms with Crippen LogP contribution < -0.4 is 10.1 Å². The number of nitrogens with one attached hydrogen (secondary N) is 2. The van der Waals surface area contributed by atoms with Gasteiger partial charge in [0.15, 0.2) is 0 Å². The van der Waals surface area contributed by atoms with E-state index in [9.17, 15) is 14.7 Å². The summed E-state index contributed by atoms with van der Waals surface area (Å²) in [6.07, 6.45) is 1.64. The van der Waals surface area contributed by atoms with E-state index in [2.05, 4.69) is 20.3 Å². The zero-order valence-corrected chi connectivity index (χ0v) is 20.0. The van der Waals surface area contributed by atoms with Gasteiger partial charge < -0.3 is 24.9 Å². The summed E-state index contributed by atoms with van der Waals surface area (Å²) >= 11 is 0. The summed E-state index contributed by atoms with van der Waals surface area (Å²) in [6.45, 7) is 0. The third-order valence-corrected chi connectivity index (χ3v) is 5.85. The highest BCUT2D eigenvalue weighted by Crippen LogP contribution is 2.35. The van der Waals surface area contributed by atoms with E-state index in [-0.39, 0.29) is 11.3 Å². The number of phenolic OH excluding ortho intramolecular Hbond substituents is 1. The van der Waals surface area contributed by atoms with Gasteiger partial charge in [0.25, 0.3) is 5.91 Å². The number of carbonyl (C=O) groups is 2. The van der Waals surface area contributed by atoms with Gasteiger partial charge in [-0.3, -0.25) is 4.79 Å². The lowest BCUT2D eigenvalue weighted by Crippen LogP contribution is -2.15. The monoisotopic (exact) mass is 494 g/mol. The Balaban J connectivity index is 1.47. The lowest BCUT2D eigenvalue weighted by Gasteiger charge is -2.09. The molecule has 0 aliphatic carbocycles. The largest absolute Gasteiger partial charge is 0.507 e. The first kappa shape index (κ1) is 23.6. The molecule has 0 fully saturated rings. The van der Waals surface area contributed by atoms with Crippen LogP contribution >= 0.6 is 0 Å². The van der Waals surface area contributed by atoms with Crippen molar-refractivity contribution in [3.63, 3.8) is 0 Å². The Labute approximate surface area is 211 Å². The Hall–Kier alpha value is -5.18. The number of hydrogen-bond donors (Lipinski definition) is 3. The normalized spacial score (nSPS) is 10.8. The number of hydrogen-bond acceptors (Lipinski definition) is 7. The molecule has 1 amide bonds. The molecule has 0 unspecified atom stereocenters. The number of nitrogens with zero attached hydrogens (tertiary/aromatic N) is 2. The maximum Gasteiger partial charge on any atom is 0.339 e. The molecular weight excluding hydrogens is 472 g/mol. The maximum absolute atomic E-state index is 13.0. The summed E-state index contributed by atoms with van der Waals surface area (Å²) in [5.41, 5.74) is 4.21. The number of aromatic nitrogens is 3. The molecule has 0 aliphatic heterocycles. The SMILES string of the molecule is COC(=O)c1ccccc1NC(=O)c1ccc2[nH]c(-c3cc(-c4cccnc4OC)ccc3O)nc2c1. The highest BCUT2D eigenvalue weighted by molar-refractivity contribution is 6.09. The van der Waals surface area contributed by atoms with Crippen molar-refractivity contribution in [2.45, 2.75) is 0 Å². The topological polar surface area (TPSA) is 126 Å². The Kier molecular flexibility index (Phi) is 6.25. The Morgan fingerprint density at radius 1 is 0.946 bits per heavy atom. The van der Waals surface area contributed by atoms with Crippen LogP contribution in [0, 0.1) is 0 Å². The Bertz CT molecular complexity index is 1640. The average Bonchev–Trinajstić information content (AvgIpc) is 3.36. The van der Waals surface area contributed by atoms with E-state index in [1.54, 1.807) is 74.0 Å². The van der Waals surface area contributed by atoms with Gasteiger partial charge in [-0.15, -0.1) is 0 Å². The van der Waals surface area contributed by atoms with Crippen molar-refractivity contribution in [1.82, 2.24) is 15.0 Å². The van der Waals surface area contributed by atoms with Gasteiger partial charge in [0.1, 0.15) is 11.6 Å². The number of anilines is 1. The zero-order valence-electron chi connectivity index (χ0n) is 20.0. The molecule has 3 N–H and O–H groups in total. The Morgan fingerprint density at radius 3 is 2.59 bits per heavy atom. The van der Waals surface area contributed by atoms with Crippen LogP contribution in [0.5, 0.6) is 11.6 Å². The second-order valence-corrected chi connectivity index (χ2v) is 8.10. The number of methoxy groups -OCH3 is 2. The summed E-state index contributed by atoms with van der Waals surface area (Å²) in [7, 11) is 2.83. The number of imidazole rings is 1.